The smallest absolute Gasteiger partial charge is 0.244 e. The zero-order chi connectivity index (χ0) is 14.3. The average Bonchev–Trinajstić information content (AvgIpc) is 3.20. The lowest BCUT2D eigenvalue weighted by molar-refractivity contribution is 0.238. The van der Waals surface area contributed by atoms with Crippen LogP contribution in [-0.2, 0) is 5.41 Å². The van der Waals surface area contributed by atoms with Crippen molar-refractivity contribution in [2.75, 3.05) is 6.54 Å². The summed E-state index contributed by atoms with van der Waals surface area (Å²) < 4.78 is 5.60. The first-order valence-electron chi connectivity index (χ1n) is 7.93. The summed E-state index contributed by atoms with van der Waals surface area (Å²) in [7, 11) is 0. The highest BCUT2D eigenvalue weighted by Crippen LogP contribution is 2.52. The highest BCUT2D eigenvalue weighted by Gasteiger charge is 2.50. The second kappa shape index (κ2) is 4.95. The summed E-state index contributed by atoms with van der Waals surface area (Å²) in [6, 6.07) is 10.8. The van der Waals surface area contributed by atoms with Crippen LogP contribution >= 0.6 is 0 Å². The van der Waals surface area contributed by atoms with Gasteiger partial charge in [-0.05, 0) is 43.7 Å². The number of nitrogens with zero attached hydrogens (tertiary/aromatic N) is 2. The summed E-state index contributed by atoms with van der Waals surface area (Å²) in [4.78, 5) is 4.75. The molecule has 1 aliphatic heterocycles. The van der Waals surface area contributed by atoms with Crippen LogP contribution in [0, 0.1) is 5.92 Å². The molecule has 2 unspecified atom stereocenters. The zero-order valence-corrected chi connectivity index (χ0v) is 12.4. The van der Waals surface area contributed by atoms with Crippen LogP contribution in [0.25, 0.3) is 0 Å². The summed E-state index contributed by atoms with van der Waals surface area (Å²) in [6.45, 7) is 3.29. The summed E-state index contributed by atoms with van der Waals surface area (Å²) in [5.41, 5.74) is 1.31. The van der Waals surface area contributed by atoms with Gasteiger partial charge in [0.2, 0.25) is 5.89 Å². The lowest BCUT2D eigenvalue weighted by Gasteiger charge is -2.26. The minimum atomic E-state index is 0.000908. The van der Waals surface area contributed by atoms with Crippen molar-refractivity contribution in [1.29, 1.82) is 0 Å². The van der Waals surface area contributed by atoms with E-state index >= 15 is 0 Å². The number of rotatable bonds is 3. The van der Waals surface area contributed by atoms with Gasteiger partial charge in [0.15, 0.2) is 5.82 Å². The maximum Gasteiger partial charge on any atom is 0.244 e. The largest absolute Gasteiger partial charge is 0.338 e. The Kier molecular flexibility index (Phi) is 3.07. The average molecular weight is 283 g/mol. The van der Waals surface area contributed by atoms with Crippen molar-refractivity contribution in [2.45, 2.75) is 44.1 Å². The number of hydrogen-bond acceptors (Lipinski definition) is 4. The molecule has 0 spiro atoms. The molecule has 2 aliphatic rings. The van der Waals surface area contributed by atoms with Crippen LogP contribution in [-0.4, -0.2) is 16.7 Å². The number of aromatic nitrogens is 2. The second-order valence-electron chi connectivity index (χ2n) is 6.46. The van der Waals surface area contributed by atoms with Crippen LogP contribution in [0.15, 0.2) is 34.9 Å². The fraction of sp³-hybridized carbons (Fsp3) is 0.529. The molecular formula is C17H21N3O. The molecule has 2 fully saturated rings. The van der Waals surface area contributed by atoms with E-state index in [0.29, 0.717) is 5.92 Å². The van der Waals surface area contributed by atoms with Crippen molar-refractivity contribution in [1.82, 2.24) is 15.5 Å². The van der Waals surface area contributed by atoms with Gasteiger partial charge < -0.3 is 9.84 Å². The van der Waals surface area contributed by atoms with E-state index in [1.165, 1.54) is 18.4 Å². The van der Waals surface area contributed by atoms with Crippen LogP contribution in [0.3, 0.4) is 0 Å². The molecule has 2 aromatic rings. The Balaban J connectivity index is 1.63. The molecule has 110 valence electrons. The van der Waals surface area contributed by atoms with Crippen molar-refractivity contribution in [3.8, 4) is 0 Å². The lowest BCUT2D eigenvalue weighted by atomic mass is 9.92. The zero-order valence-electron chi connectivity index (χ0n) is 12.4. The number of nitrogens with one attached hydrogen (secondary N) is 1. The van der Waals surface area contributed by atoms with Gasteiger partial charge in [-0.3, -0.25) is 0 Å². The number of piperidine rings is 1. The molecule has 21 heavy (non-hydrogen) atoms. The predicted octanol–water partition coefficient (Wildman–Crippen LogP) is 3.21. The molecular weight excluding hydrogens is 262 g/mol. The molecule has 0 radical (unpaired) electrons. The van der Waals surface area contributed by atoms with Crippen LogP contribution < -0.4 is 5.32 Å². The molecule has 4 heteroatoms. The van der Waals surface area contributed by atoms with E-state index in [1.54, 1.807) is 0 Å². The third-order valence-corrected chi connectivity index (χ3v) is 4.98. The summed E-state index contributed by atoms with van der Waals surface area (Å²) in [6.07, 6.45) is 4.68. The molecule has 4 nitrogen and oxygen atoms in total. The molecule has 1 aromatic heterocycles. The summed E-state index contributed by atoms with van der Waals surface area (Å²) >= 11 is 0. The van der Waals surface area contributed by atoms with Crippen molar-refractivity contribution >= 4 is 0 Å². The Hall–Kier alpha value is -1.68. The van der Waals surface area contributed by atoms with Crippen LogP contribution in [0.5, 0.6) is 0 Å². The van der Waals surface area contributed by atoms with Crippen molar-refractivity contribution in [3.63, 3.8) is 0 Å². The maximum absolute atomic E-state index is 5.60. The molecule has 1 N–H and O–H groups in total. The third-order valence-electron chi connectivity index (χ3n) is 4.98. The standard InChI is InChI=1S/C17H21N3O/c1-12-6-5-11-18-14(12)15-19-16(20-21-15)17(9-10-17)13-7-3-2-4-8-13/h2-4,7-8,12,14,18H,5-6,9-11H2,1H3. The first-order valence-corrected chi connectivity index (χ1v) is 7.93. The summed E-state index contributed by atoms with van der Waals surface area (Å²) in [5, 5.41) is 7.82. The Bertz CT molecular complexity index is 618. The van der Waals surface area contributed by atoms with Gasteiger partial charge in [0, 0.05) is 0 Å². The van der Waals surface area contributed by atoms with Crippen molar-refractivity contribution in [2.24, 2.45) is 5.92 Å². The monoisotopic (exact) mass is 283 g/mol. The van der Waals surface area contributed by atoms with E-state index in [9.17, 15) is 0 Å². The molecule has 4 rings (SSSR count). The maximum atomic E-state index is 5.60. The van der Waals surface area contributed by atoms with E-state index in [-0.39, 0.29) is 11.5 Å². The molecule has 0 bridgehead atoms. The second-order valence-corrected chi connectivity index (χ2v) is 6.46. The van der Waals surface area contributed by atoms with Gasteiger partial charge in [-0.25, -0.2) is 0 Å². The Morgan fingerprint density at radius 1 is 1.24 bits per heavy atom. The van der Waals surface area contributed by atoms with Gasteiger partial charge in [-0.15, -0.1) is 0 Å². The van der Waals surface area contributed by atoms with E-state index < -0.39 is 0 Å². The minimum absolute atomic E-state index is 0.000908. The molecule has 2 heterocycles. The molecule has 1 saturated carbocycles. The normalized spacial score (nSPS) is 27.5. The lowest BCUT2D eigenvalue weighted by Crippen LogP contribution is -2.33. The predicted molar refractivity (Wildman–Crippen MR) is 79.9 cm³/mol. The van der Waals surface area contributed by atoms with E-state index in [4.69, 9.17) is 9.51 Å². The van der Waals surface area contributed by atoms with Crippen molar-refractivity contribution < 1.29 is 4.52 Å². The third kappa shape index (κ3) is 2.18. The van der Waals surface area contributed by atoms with Gasteiger partial charge in [0.1, 0.15) is 0 Å². The van der Waals surface area contributed by atoms with Gasteiger partial charge in [-0.2, -0.15) is 4.98 Å². The Morgan fingerprint density at radius 3 is 2.76 bits per heavy atom. The molecule has 1 saturated heterocycles. The summed E-state index contributed by atoms with van der Waals surface area (Å²) in [5.74, 6) is 2.18. The van der Waals surface area contributed by atoms with Crippen LogP contribution in [0.2, 0.25) is 0 Å². The van der Waals surface area contributed by atoms with E-state index in [1.807, 2.05) is 0 Å². The SMILES string of the molecule is CC1CCCNC1c1nc(C2(c3ccccc3)CC2)no1. The topological polar surface area (TPSA) is 51.0 Å². The molecule has 2 atom stereocenters. The van der Waals surface area contributed by atoms with E-state index in [2.05, 4.69) is 47.7 Å². The van der Waals surface area contributed by atoms with E-state index in [0.717, 1.165) is 31.1 Å². The van der Waals surface area contributed by atoms with Crippen LogP contribution in [0.1, 0.15) is 55.9 Å². The number of hydrogen-bond donors (Lipinski definition) is 1. The highest BCUT2D eigenvalue weighted by molar-refractivity contribution is 5.38. The van der Waals surface area contributed by atoms with Crippen molar-refractivity contribution in [3.05, 3.63) is 47.6 Å². The Morgan fingerprint density at radius 2 is 2.05 bits per heavy atom. The fourth-order valence-electron chi connectivity index (χ4n) is 3.46. The molecule has 0 amide bonds. The van der Waals surface area contributed by atoms with Gasteiger partial charge in [0.25, 0.3) is 0 Å². The van der Waals surface area contributed by atoms with Gasteiger partial charge in [-0.1, -0.05) is 42.4 Å². The number of benzene rings is 1. The highest BCUT2D eigenvalue weighted by atomic mass is 16.5. The first kappa shape index (κ1) is 13.0. The van der Waals surface area contributed by atoms with Gasteiger partial charge >= 0.3 is 0 Å². The fourth-order valence-corrected chi connectivity index (χ4v) is 3.46. The molecule has 1 aromatic carbocycles. The minimum Gasteiger partial charge on any atom is -0.338 e. The first-order chi connectivity index (χ1) is 10.3. The van der Waals surface area contributed by atoms with Gasteiger partial charge in [0.05, 0.1) is 11.5 Å². The Labute approximate surface area is 124 Å². The quantitative estimate of drug-likeness (QED) is 0.939. The molecule has 1 aliphatic carbocycles. The van der Waals surface area contributed by atoms with Crippen LogP contribution in [0.4, 0.5) is 0 Å².